The number of thiocarbonyl (C=S) groups is 1. The fourth-order valence-electron chi connectivity index (χ4n) is 1.39. The first kappa shape index (κ1) is 11.3. The third-order valence-electron chi connectivity index (χ3n) is 2.32. The van der Waals surface area contributed by atoms with Crippen LogP contribution >= 0.6 is 23.6 Å². The van der Waals surface area contributed by atoms with Gasteiger partial charge in [-0.05, 0) is 18.4 Å². The maximum atomic E-state index is 5.33. The van der Waals surface area contributed by atoms with E-state index in [4.69, 9.17) is 12.2 Å². The molecule has 1 heterocycles. The minimum atomic E-state index is 0.810. The van der Waals surface area contributed by atoms with Crippen molar-refractivity contribution in [1.29, 1.82) is 0 Å². The third-order valence-corrected chi connectivity index (χ3v) is 3.57. The van der Waals surface area contributed by atoms with Crippen molar-refractivity contribution in [2.75, 3.05) is 0 Å². The van der Waals surface area contributed by atoms with Gasteiger partial charge in [-0.25, -0.2) is 0 Å². The number of thiophene rings is 1. The molecule has 0 bridgehead atoms. The molecule has 16 heavy (non-hydrogen) atoms. The van der Waals surface area contributed by atoms with Crippen molar-refractivity contribution in [3.05, 3.63) is 57.8 Å². The van der Waals surface area contributed by atoms with Crippen molar-refractivity contribution < 1.29 is 0 Å². The van der Waals surface area contributed by atoms with Crippen molar-refractivity contribution in [3.8, 4) is 0 Å². The molecule has 0 radical (unpaired) electrons. The summed E-state index contributed by atoms with van der Waals surface area (Å²) in [6, 6.07) is 12.4. The van der Waals surface area contributed by atoms with Gasteiger partial charge in [0, 0.05) is 10.4 Å². The molecule has 2 rings (SSSR count). The summed E-state index contributed by atoms with van der Waals surface area (Å²) in [5.74, 6) is 0. The van der Waals surface area contributed by atoms with E-state index in [9.17, 15) is 0 Å². The second kappa shape index (κ2) is 5.23. The van der Waals surface area contributed by atoms with Gasteiger partial charge < -0.3 is 5.32 Å². The van der Waals surface area contributed by atoms with Gasteiger partial charge in [-0.1, -0.05) is 48.1 Å². The van der Waals surface area contributed by atoms with Crippen LogP contribution in [0.3, 0.4) is 0 Å². The first-order valence-electron chi connectivity index (χ1n) is 5.13. The van der Waals surface area contributed by atoms with Crippen LogP contribution in [0.2, 0.25) is 0 Å². The first-order chi connectivity index (χ1) is 7.75. The fraction of sp³-hybridized carbons (Fsp3) is 0.154. The van der Waals surface area contributed by atoms with Gasteiger partial charge in [0.05, 0.1) is 6.54 Å². The maximum Gasteiger partial charge on any atom is 0.106 e. The number of aryl methyl sites for hydroxylation is 1. The van der Waals surface area contributed by atoms with Crippen LogP contribution in [0.1, 0.15) is 16.0 Å². The van der Waals surface area contributed by atoms with Gasteiger partial charge in [0.25, 0.3) is 0 Å². The van der Waals surface area contributed by atoms with Crippen LogP contribution in [-0.4, -0.2) is 4.99 Å². The van der Waals surface area contributed by atoms with E-state index in [1.807, 2.05) is 0 Å². The second-order valence-electron chi connectivity index (χ2n) is 3.63. The molecule has 1 nitrogen and oxygen atoms in total. The monoisotopic (exact) mass is 247 g/mol. The van der Waals surface area contributed by atoms with Gasteiger partial charge >= 0.3 is 0 Å². The highest BCUT2D eigenvalue weighted by Gasteiger charge is 2.00. The minimum absolute atomic E-state index is 0.810. The van der Waals surface area contributed by atoms with E-state index in [1.165, 1.54) is 10.4 Å². The van der Waals surface area contributed by atoms with Gasteiger partial charge in [-0.3, -0.25) is 0 Å². The predicted molar refractivity (Wildman–Crippen MR) is 74.0 cm³/mol. The Balaban J connectivity index is 1.95. The highest BCUT2D eigenvalue weighted by atomic mass is 32.1. The van der Waals surface area contributed by atoms with Crippen LogP contribution < -0.4 is 5.32 Å². The lowest BCUT2D eigenvalue weighted by Crippen LogP contribution is -2.21. The zero-order valence-electron chi connectivity index (χ0n) is 9.07. The minimum Gasteiger partial charge on any atom is -0.371 e. The Morgan fingerprint density at radius 1 is 1.25 bits per heavy atom. The molecule has 1 N–H and O–H groups in total. The lowest BCUT2D eigenvalue weighted by Gasteiger charge is -2.06. The van der Waals surface area contributed by atoms with E-state index in [0.717, 1.165) is 17.1 Å². The lowest BCUT2D eigenvalue weighted by atomic mass is 10.1. The van der Waals surface area contributed by atoms with Crippen molar-refractivity contribution in [2.45, 2.75) is 13.5 Å². The molecule has 3 heteroatoms. The molecule has 1 aromatic heterocycles. The van der Waals surface area contributed by atoms with Crippen LogP contribution in [0.4, 0.5) is 0 Å². The number of hydrogen-bond donors (Lipinski definition) is 1. The van der Waals surface area contributed by atoms with Crippen molar-refractivity contribution in [2.24, 2.45) is 0 Å². The Morgan fingerprint density at radius 3 is 2.62 bits per heavy atom. The van der Waals surface area contributed by atoms with E-state index in [-0.39, 0.29) is 0 Å². The number of nitrogens with one attached hydrogen (secondary N) is 1. The topological polar surface area (TPSA) is 12.0 Å². The Labute approximate surface area is 105 Å². The summed E-state index contributed by atoms with van der Waals surface area (Å²) in [6.07, 6.45) is 0. The smallest absolute Gasteiger partial charge is 0.106 e. The molecule has 1 aromatic carbocycles. The molecule has 0 saturated heterocycles. The largest absolute Gasteiger partial charge is 0.371 e. The average Bonchev–Trinajstić information content (AvgIpc) is 2.80. The number of hydrogen-bond acceptors (Lipinski definition) is 2. The van der Waals surface area contributed by atoms with Crippen molar-refractivity contribution in [1.82, 2.24) is 5.32 Å². The quantitative estimate of drug-likeness (QED) is 0.833. The number of benzene rings is 1. The van der Waals surface area contributed by atoms with E-state index in [0.29, 0.717) is 0 Å². The molecule has 0 aliphatic heterocycles. The molecule has 0 aliphatic rings. The van der Waals surface area contributed by atoms with Crippen LogP contribution in [0.5, 0.6) is 0 Å². The van der Waals surface area contributed by atoms with E-state index >= 15 is 0 Å². The van der Waals surface area contributed by atoms with Gasteiger partial charge in [-0.2, -0.15) is 0 Å². The van der Waals surface area contributed by atoms with Gasteiger partial charge in [0.1, 0.15) is 4.99 Å². The third kappa shape index (κ3) is 2.90. The average molecular weight is 247 g/mol. The molecule has 0 spiro atoms. The summed E-state index contributed by atoms with van der Waals surface area (Å²) in [7, 11) is 0. The molecule has 0 aliphatic carbocycles. The molecule has 0 saturated carbocycles. The Morgan fingerprint density at radius 2 is 2.00 bits per heavy atom. The normalized spacial score (nSPS) is 10.1. The van der Waals surface area contributed by atoms with Crippen LogP contribution in [0.15, 0.2) is 41.8 Å². The SMILES string of the molecule is Cc1ccc(C(=S)NCc2cccs2)cc1. The molecule has 0 amide bonds. The lowest BCUT2D eigenvalue weighted by molar-refractivity contribution is 0.949. The summed E-state index contributed by atoms with van der Waals surface area (Å²) < 4.78 is 0. The summed E-state index contributed by atoms with van der Waals surface area (Å²) in [5.41, 5.74) is 2.34. The molecule has 0 fully saturated rings. The molecule has 2 aromatic rings. The summed E-state index contributed by atoms with van der Waals surface area (Å²) in [6.45, 7) is 2.89. The summed E-state index contributed by atoms with van der Waals surface area (Å²) in [5, 5.41) is 5.34. The van der Waals surface area contributed by atoms with Gasteiger partial charge in [0.2, 0.25) is 0 Å². The fourth-order valence-corrected chi connectivity index (χ4v) is 2.24. The van der Waals surface area contributed by atoms with Gasteiger partial charge in [0.15, 0.2) is 0 Å². The highest BCUT2D eigenvalue weighted by molar-refractivity contribution is 7.80. The zero-order valence-corrected chi connectivity index (χ0v) is 10.7. The van der Waals surface area contributed by atoms with Crippen LogP contribution in [-0.2, 0) is 6.54 Å². The van der Waals surface area contributed by atoms with Crippen molar-refractivity contribution in [3.63, 3.8) is 0 Å². The second-order valence-corrected chi connectivity index (χ2v) is 5.07. The summed E-state index contributed by atoms with van der Waals surface area (Å²) >= 11 is 7.07. The molecular weight excluding hydrogens is 234 g/mol. The maximum absolute atomic E-state index is 5.33. The summed E-state index contributed by atoms with van der Waals surface area (Å²) in [4.78, 5) is 2.11. The Hall–Kier alpha value is -1.19. The Bertz CT molecular complexity index is 457. The Kier molecular flexibility index (Phi) is 3.70. The van der Waals surface area contributed by atoms with Crippen LogP contribution in [0, 0.1) is 6.92 Å². The van der Waals surface area contributed by atoms with Crippen molar-refractivity contribution >= 4 is 28.5 Å². The van der Waals surface area contributed by atoms with E-state index in [2.05, 4.69) is 54.0 Å². The zero-order chi connectivity index (χ0) is 11.4. The molecule has 0 unspecified atom stereocenters. The standard InChI is InChI=1S/C13H13NS2/c1-10-4-6-11(7-5-10)13(15)14-9-12-3-2-8-16-12/h2-8H,9H2,1H3,(H,14,15). The number of rotatable bonds is 3. The van der Waals surface area contributed by atoms with Gasteiger partial charge in [-0.15, -0.1) is 11.3 Å². The van der Waals surface area contributed by atoms with Crippen LogP contribution in [0.25, 0.3) is 0 Å². The first-order valence-corrected chi connectivity index (χ1v) is 6.42. The molecule has 0 atom stereocenters. The van der Waals surface area contributed by atoms with E-state index in [1.54, 1.807) is 11.3 Å². The molecular formula is C13H13NS2. The highest BCUT2D eigenvalue weighted by Crippen LogP contribution is 2.09. The van der Waals surface area contributed by atoms with E-state index < -0.39 is 0 Å². The predicted octanol–water partition coefficient (Wildman–Crippen LogP) is 3.52. The molecule has 82 valence electrons.